The lowest BCUT2D eigenvalue weighted by molar-refractivity contribution is -0.145. The molecule has 1 aromatic rings. The topological polar surface area (TPSA) is 109 Å². The second-order valence-electron chi connectivity index (χ2n) is 5.31. The zero-order valence-corrected chi connectivity index (χ0v) is 12.2. The third-order valence-electron chi connectivity index (χ3n) is 3.63. The maximum absolute atomic E-state index is 12.1. The second kappa shape index (κ2) is 6.55. The molecule has 0 radical (unpaired) electrons. The van der Waals surface area contributed by atoms with Crippen molar-refractivity contribution in [1.29, 1.82) is 0 Å². The van der Waals surface area contributed by atoms with E-state index in [1.54, 1.807) is 6.92 Å². The highest BCUT2D eigenvalue weighted by Crippen LogP contribution is 2.23. The molecule has 1 fully saturated rings. The number of aliphatic carboxylic acids is 1. The number of likely N-dealkylation sites (tertiary alicyclic amines) is 1. The first kappa shape index (κ1) is 15.3. The van der Waals surface area contributed by atoms with Crippen molar-refractivity contribution >= 4 is 12.0 Å². The SMILES string of the molecule is Cc1noc(CCNC(=O)N2CCCC(C)C2C(=O)O)n1. The van der Waals surface area contributed by atoms with Crippen LogP contribution in [0.4, 0.5) is 4.79 Å². The summed E-state index contributed by atoms with van der Waals surface area (Å²) in [5, 5.41) is 15.7. The quantitative estimate of drug-likeness (QED) is 0.851. The van der Waals surface area contributed by atoms with Gasteiger partial charge in [0.25, 0.3) is 0 Å². The van der Waals surface area contributed by atoms with Gasteiger partial charge in [0, 0.05) is 19.5 Å². The summed E-state index contributed by atoms with van der Waals surface area (Å²) in [6.45, 7) is 4.38. The number of carboxylic acid groups (broad SMARTS) is 1. The predicted octanol–water partition coefficient (Wildman–Crippen LogP) is 0.815. The van der Waals surface area contributed by atoms with Gasteiger partial charge in [-0.15, -0.1) is 0 Å². The van der Waals surface area contributed by atoms with Crippen LogP contribution in [0.3, 0.4) is 0 Å². The van der Waals surface area contributed by atoms with Gasteiger partial charge in [0.2, 0.25) is 5.89 Å². The summed E-state index contributed by atoms with van der Waals surface area (Å²) in [7, 11) is 0. The van der Waals surface area contributed by atoms with Crippen LogP contribution in [-0.4, -0.2) is 51.3 Å². The molecule has 8 heteroatoms. The molecule has 2 amide bonds. The van der Waals surface area contributed by atoms with Crippen LogP contribution in [0.1, 0.15) is 31.5 Å². The molecule has 0 aromatic carbocycles. The lowest BCUT2D eigenvalue weighted by Crippen LogP contribution is -2.55. The Morgan fingerprint density at radius 3 is 2.90 bits per heavy atom. The van der Waals surface area contributed by atoms with E-state index in [0.29, 0.717) is 31.2 Å². The van der Waals surface area contributed by atoms with Crippen LogP contribution in [0.2, 0.25) is 0 Å². The van der Waals surface area contributed by atoms with Gasteiger partial charge in [-0.25, -0.2) is 9.59 Å². The second-order valence-corrected chi connectivity index (χ2v) is 5.31. The number of carbonyl (C=O) groups excluding carboxylic acids is 1. The van der Waals surface area contributed by atoms with Crippen molar-refractivity contribution in [2.75, 3.05) is 13.1 Å². The summed E-state index contributed by atoms with van der Waals surface area (Å²) < 4.78 is 4.95. The van der Waals surface area contributed by atoms with Crippen molar-refractivity contribution in [3.8, 4) is 0 Å². The van der Waals surface area contributed by atoms with Gasteiger partial charge in [0.1, 0.15) is 6.04 Å². The van der Waals surface area contributed by atoms with E-state index in [2.05, 4.69) is 15.5 Å². The van der Waals surface area contributed by atoms with E-state index in [1.165, 1.54) is 4.90 Å². The summed E-state index contributed by atoms with van der Waals surface area (Å²) >= 11 is 0. The number of nitrogens with zero attached hydrogens (tertiary/aromatic N) is 3. The van der Waals surface area contributed by atoms with Gasteiger partial charge in [-0.1, -0.05) is 12.1 Å². The highest BCUT2D eigenvalue weighted by atomic mass is 16.5. The molecule has 2 heterocycles. The van der Waals surface area contributed by atoms with Gasteiger partial charge in [-0.2, -0.15) is 4.98 Å². The van der Waals surface area contributed by atoms with E-state index in [1.807, 2.05) is 6.92 Å². The van der Waals surface area contributed by atoms with E-state index < -0.39 is 12.0 Å². The minimum atomic E-state index is -0.954. The number of piperidine rings is 1. The fraction of sp³-hybridized carbons (Fsp3) is 0.692. The molecule has 2 atom stereocenters. The molecule has 8 nitrogen and oxygen atoms in total. The average molecular weight is 296 g/mol. The Morgan fingerprint density at radius 1 is 1.52 bits per heavy atom. The smallest absolute Gasteiger partial charge is 0.326 e. The largest absolute Gasteiger partial charge is 0.480 e. The third-order valence-corrected chi connectivity index (χ3v) is 3.63. The fourth-order valence-electron chi connectivity index (χ4n) is 2.61. The first-order chi connectivity index (χ1) is 9.99. The van der Waals surface area contributed by atoms with E-state index in [0.717, 1.165) is 12.8 Å². The molecule has 21 heavy (non-hydrogen) atoms. The predicted molar refractivity (Wildman–Crippen MR) is 72.7 cm³/mol. The average Bonchev–Trinajstić information content (AvgIpc) is 2.83. The number of rotatable bonds is 4. The van der Waals surface area contributed by atoms with E-state index in [9.17, 15) is 14.7 Å². The Morgan fingerprint density at radius 2 is 2.29 bits per heavy atom. The zero-order chi connectivity index (χ0) is 15.4. The number of aryl methyl sites for hydroxylation is 1. The van der Waals surface area contributed by atoms with Gasteiger partial charge < -0.3 is 19.8 Å². The lowest BCUT2D eigenvalue weighted by atomic mass is 9.91. The molecule has 0 saturated carbocycles. The number of carbonyl (C=O) groups is 2. The van der Waals surface area contributed by atoms with Crippen LogP contribution >= 0.6 is 0 Å². The van der Waals surface area contributed by atoms with Crippen molar-refractivity contribution in [3.63, 3.8) is 0 Å². The van der Waals surface area contributed by atoms with Crippen molar-refractivity contribution in [2.45, 2.75) is 39.2 Å². The normalized spacial score (nSPS) is 22.1. The van der Waals surface area contributed by atoms with Gasteiger partial charge in [-0.05, 0) is 25.7 Å². The third kappa shape index (κ3) is 3.71. The van der Waals surface area contributed by atoms with Gasteiger partial charge >= 0.3 is 12.0 Å². The summed E-state index contributed by atoms with van der Waals surface area (Å²) in [6.07, 6.45) is 2.07. The summed E-state index contributed by atoms with van der Waals surface area (Å²) in [4.78, 5) is 28.9. The maximum atomic E-state index is 12.1. The molecule has 1 aliphatic heterocycles. The van der Waals surface area contributed by atoms with Gasteiger partial charge in [-0.3, -0.25) is 0 Å². The van der Waals surface area contributed by atoms with E-state index in [-0.39, 0.29) is 11.9 Å². The van der Waals surface area contributed by atoms with Crippen LogP contribution in [-0.2, 0) is 11.2 Å². The number of amides is 2. The molecule has 1 aromatic heterocycles. The number of aromatic nitrogens is 2. The van der Waals surface area contributed by atoms with Crippen molar-refractivity contribution in [3.05, 3.63) is 11.7 Å². The van der Waals surface area contributed by atoms with Crippen molar-refractivity contribution in [2.24, 2.45) is 5.92 Å². The molecule has 0 spiro atoms. The Bertz CT molecular complexity index is 516. The molecule has 2 unspecified atom stereocenters. The van der Waals surface area contributed by atoms with E-state index in [4.69, 9.17) is 4.52 Å². The molecule has 2 rings (SSSR count). The number of hydrogen-bond acceptors (Lipinski definition) is 5. The number of carboxylic acids is 1. The van der Waals surface area contributed by atoms with Crippen LogP contribution in [0.15, 0.2) is 4.52 Å². The van der Waals surface area contributed by atoms with Crippen LogP contribution < -0.4 is 5.32 Å². The van der Waals surface area contributed by atoms with E-state index >= 15 is 0 Å². The minimum absolute atomic E-state index is 0.0411. The Kier molecular flexibility index (Phi) is 4.77. The minimum Gasteiger partial charge on any atom is -0.480 e. The molecule has 0 bridgehead atoms. The summed E-state index contributed by atoms with van der Waals surface area (Å²) in [5.74, 6) is 0.00665. The molecule has 0 aliphatic carbocycles. The fourth-order valence-corrected chi connectivity index (χ4v) is 2.61. The number of nitrogens with one attached hydrogen (secondary N) is 1. The Labute approximate surface area is 122 Å². The first-order valence-corrected chi connectivity index (χ1v) is 7.05. The molecule has 2 N–H and O–H groups in total. The Hall–Kier alpha value is -2.12. The van der Waals surface area contributed by atoms with Crippen molar-refractivity contribution < 1.29 is 19.2 Å². The molecular formula is C13H20N4O4. The first-order valence-electron chi connectivity index (χ1n) is 7.05. The van der Waals surface area contributed by atoms with Gasteiger partial charge in [0.05, 0.1) is 0 Å². The summed E-state index contributed by atoms with van der Waals surface area (Å²) in [5.41, 5.74) is 0. The molecule has 1 aliphatic rings. The number of hydrogen-bond donors (Lipinski definition) is 2. The van der Waals surface area contributed by atoms with Crippen molar-refractivity contribution in [1.82, 2.24) is 20.4 Å². The highest BCUT2D eigenvalue weighted by Gasteiger charge is 2.36. The zero-order valence-electron chi connectivity index (χ0n) is 12.2. The Balaban J connectivity index is 1.87. The molecule has 1 saturated heterocycles. The van der Waals surface area contributed by atoms with Crippen LogP contribution in [0, 0.1) is 12.8 Å². The summed E-state index contributed by atoms with van der Waals surface area (Å²) in [6, 6.07) is -1.12. The van der Waals surface area contributed by atoms with Crippen LogP contribution in [0.5, 0.6) is 0 Å². The monoisotopic (exact) mass is 296 g/mol. The number of urea groups is 1. The maximum Gasteiger partial charge on any atom is 0.326 e. The standard InChI is InChI=1S/C13H20N4O4/c1-8-4-3-7-17(11(8)12(18)19)13(20)14-6-5-10-15-9(2)16-21-10/h8,11H,3-7H2,1-2H3,(H,14,20)(H,18,19). The lowest BCUT2D eigenvalue weighted by Gasteiger charge is -2.37. The molecular weight excluding hydrogens is 276 g/mol. The molecule has 116 valence electrons. The van der Waals surface area contributed by atoms with Crippen LogP contribution in [0.25, 0.3) is 0 Å². The highest BCUT2D eigenvalue weighted by molar-refractivity contribution is 5.83. The van der Waals surface area contributed by atoms with Gasteiger partial charge in [0.15, 0.2) is 5.82 Å².